The van der Waals surface area contributed by atoms with Crippen molar-refractivity contribution in [2.24, 2.45) is 5.10 Å². The van der Waals surface area contributed by atoms with E-state index in [9.17, 15) is 19.7 Å². The average Bonchev–Trinajstić information content (AvgIpc) is 2.76. The number of fused-ring (bicyclic) bond motifs is 1. The molecule has 0 bridgehead atoms. The van der Waals surface area contributed by atoms with Gasteiger partial charge in [0.25, 0.3) is 11.2 Å². The van der Waals surface area contributed by atoms with Crippen molar-refractivity contribution in [3.05, 3.63) is 72.7 Å². The van der Waals surface area contributed by atoms with E-state index in [1.807, 2.05) is 13.8 Å². The van der Waals surface area contributed by atoms with Crippen molar-refractivity contribution in [1.29, 1.82) is 0 Å². The van der Waals surface area contributed by atoms with E-state index in [-0.39, 0.29) is 22.9 Å². The largest absolute Gasteiger partial charge is 0.481 e. The zero-order chi connectivity index (χ0) is 23.4. The molecule has 0 radical (unpaired) electrons. The summed E-state index contributed by atoms with van der Waals surface area (Å²) >= 11 is 3.35. The zero-order valence-corrected chi connectivity index (χ0v) is 18.8. The maximum Gasteiger partial charge on any atom is 0.341 e. The molecular formula is C21H19BrN4O6. The molecule has 1 N–H and O–H groups in total. The molecule has 0 amide bonds. The highest BCUT2D eigenvalue weighted by atomic mass is 79.9. The Morgan fingerprint density at radius 2 is 2.12 bits per heavy atom. The summed E-state index contributed by atoms with van der Waals surface area (Å²) in [6.45, 7) is 3.23. The number of carboxylic acids is 1. The van der Waals surface area contributed by atoms with Crippen LogP contribution < -0.4 is 10.3 Å². The van der Waals surface area contributed by atoms with E-state index in [1.165, 1.54) is 24.4 Å². The SMILES string of the molecule is CC[C@@H](C)c1nc2ccc(Br)cc2c(=O)n1N=Cc1cc([N+](=O)[O-])ccc1OCC(=O)O. The van der Waals surface area contributed by atoms with Crippen LogP contribution in [0.1, 0.15) is 37.6 Å². The highest BCUT2D eigenvalue weighted by molar-refractivity contribution is 9.10. The molecule has 0 aliphatic carbocycles. The summed E-state index contributed by atoms with van der Waals surface area (Å²) in [5, 5.41) is 24.7. The third-order valence-electron chi connectivity index (χ3n) is 4.75. The molecule has 0 spiro atoms. The first kappa shape index (κ1) is 23.1. The van der Waals surface area contributed by atoms with Gasteiger partial charge in [0.15, 0.2) is 6.61 Å². The van der Waals surface area contributed by atoms with E-state index in [4.69, 9.17) is 9.84 Å². The van der Waals surface area contributed by atoms with E-state index in [0.29, 0.717) is 27.6 Å². The molecule has 1 heterocycles. The Labute approximate surface area is 190 Å². The fourth-order valence-electron chi connectivity index (χ4n) is 2.92. The van der Waals surface area contributed by atoms with Crippen molar-refractivity contribution >= 4 is 44.7 Å². The predicted molar refractivity (Wildman–Crippen MR) is 122 cm³/mol. The number of nitro groups is 1. The molecule has 0 aliphatic heterocycles. The highest BCUT2D eigenvalue weighted by Crippen LogP contribution is 2.24. The van der Waals surface area contributed by atoms with Crippen molar-refractivity contribution in [2.45, 2.75) is 26.2 Å². The standard InChI is InChI=1S/C21H19BrN4O6/c1-3-12(2)20-24-17-6-4-14(22)9-16(17)21(29)25(20)23-10-13-8-15(26(30)31)5-7-18(13)32-11-19(27)28/h4-10,12H,3,11H2,1-2H3,(H,27,28)/t12-/m1/s1. The second kappa shape index (κ2) is 9.69. The molecule has 0 saturated heterocycles. The lowest BCUT2D eigenvalue weighted by Gasteiger charge is -2.14. The summed E-state index contributed by atoms with van der Waals surface area (Å²) < 4.78 is 7.08. The number of non-ortho nitro benzene ring substituents is 1. The lowest BCUT2D eigenvalue weighted by Crippen LogP contribution is -2.23. The van der Waals surface area contributed by atoms with Gasteiger partial charge in [-0.15, -0.1) is 0 Å². The molecular weight excluding hydrogens is 484 g/mol. The Bertz CT molecular complexity index is 1290. The molecule has 0 fully saturated rings. The molecule has 1 atom stereocenters. The maximum atomic E-state index is 13.2. The fourth-order valence-corrected chi connectivity index (χ4v) is 3.28. The molecule has 0 aliphatic rings. The maximum absolute atomic E-state index is 13.2. The molecule has 166 valence electrons. The Kier molecular flexibility index (Phi) is 6.98. The van der Waals surface area contributed by atoms with Crippen molar-refractivity contribution in [1.82, 2.24) is 9.66 Å². The number of aliphatic carboxylic acids is 1. The van der Waals surface area contributed by atoms with Crippen LogP contribution in [0.25, 0.3) is 10.9 Å². The van der Waals surface area contributed by atoms with Crippen LogP contribution >= 0.6 is 15.9 Å². The van der Waals surface area contributed by atoms with Gasteiger partial charge >= 0.3 is 5.97 Å². The molecule has 1 aromatic heterocycles. The van der Waals surface area contributed by atoms with Gasteiger partial charge < -0.3 is 9.84 Å². The fraction of sp³-hybridized carbons (Fsp3) is 0.238. The van der Waals surface area contributed by atoms with Gasteiger partial charge in [0.05, 0.1) is 22.0 Å². The van der Waals surface area contributed by atoms with Crippen LogP contribution in [0.15, 0.2) is 50.8 Å². The van der Waals surface area contributed by atoms with Gasteiger partial charge in [0, 0.05) is 28.1 Å². The quantitative estimate of drug-likeness (QED) is 0.279. The Hall–Kier alpha value is -3.60. The molecule has 0 unspecified atom stereocenters. The zero-order valence-electron chi connectivity index (χ0n) is 17.2. The lowest BCUT2D eigenvalue weighted by molar-refractivity contribution is -0.384. The number of carbonyl (C=O) groups is 1. The van der Waals surface area contributed by atoms with Gasteiger partial charge in [0.2, 0.25) is 0 Å². The summed E-state index contributed by atoms with van der Waals surface area (Å²) in [6.07, 6.45) is 1.93. The summed E-state index contributed by atoms with van der Waals surface area (Å²) in [7, 11) is 0. The van der Waals surface area contributed by atoms with Gasteiger partial charge in [-0.2, -0.15) is 9.78 Å². The summed E-state index contributed by atoms with van der Waals surface area (Å²) in [5.74, 6) is -0.787. The number of hydrogen-bond acceptors (Lipinski definition) is 7. The number of halogens is 1. The van der Waals surface area contributed by atoms with E-state index >= 15 is 0 Å². The third kappa shape index (κ3) is 4.99. The number of nitrogens with zero attached hydrogens (tertiary/aromatic N) is 4. The number of ether oxygens (including phenoxy) is 1. The summed E-state index contributed by atoms with van der Waals surface area (Å²) in [6, 6.07) is 8.85. The number of aromatic nitrogens is 2. The van der Waals surface area contributed by atoms with Crippen molar-refractivity contribution in [3.8, 4) is 5.75 Å². The average molecular weight is 503 g/mol. The highest BCUT2D eigenvalue weighted by Gasteiger charge is 2.17. The van der Waals surface area contributed by atoms with Gasteiger partial charge in [0.1, 0.15) is 11.6 Å². The molecule has 32 heavy (non-hydrogen) atoms. The van der Waals surface area contributed by atoms with Crippen molar-refractivity contribution in [3.63, 3.8) is 0 Å². The minimum atomic E-state index is -1.20. The minimum absolute atomic E-state index is 0.0800. The van der Waals surface area contributed by atoms with Crippen molar-refractivity contribution < 1.29 is 19.6 Å². The number of carboxylic acid groups (broad SMARTS) is 1. The smallest absolute Gasteiger partial charge is 0.341 e. The first-order valence-electron chi connectivity index (χ1n) is 9.60. The molecule has 0 saturated carbocycles. The van der Waals surface area contributed by atoms with Crippen LogP contribution in [0.3, 0.4) is 0 Å². The Morgan fingerprint density at radius 3 is 2.78 bits per heavy atom. The van der Waals surface area contributed by atoms with Crippen LogP contribution in [0.4, 0.5) is 5.69 Å². The minimum Gasteiger partial charge on any atom is -0.481 e. The number of nitro benzene ring substituents is 1. The normalized spacial score (nSPS) is 12.2. The van der Waals surface area contributed by atoms with E-state index in [1.54, 1.807) is 18.2 Å². The van der Waals surface area contributed by atoms with Crippen LogP contribution in [0, 0.1) is 10.1 Å². The predicted octanol–water partition coefficient (Wildman–Crippen LogP) is 3.93. The second-order valence-corrected chi connectivity index (χ2v) is 7.88. The number of benzene rings is 2. The van der Waals surface area contributed by atoms with Crippen LogP contribution in [0.5, 0.6) is 5.75 Å². The molecule has 3 rings (SSSR count). The van der Waals surface area contributed by atoms with E-state index < -0.39 is 23.1 Å². The first-order valence-corrected chi connectivity index (χ1v) is 10.4. The van der Waals surface area contributed by atoms with Gasteiger partial charge in [-0.3, -0.25) is 14.9 Å². The monoisotopic (exact) mass is 502 g/mol. The number of hydrogen-bond donors (Lipinski definition) is 1. The van der Waals surface area contributed by atoms with Crippen LogP contribution in [-0.4, -0.2) is 38.5 Å². The van der Waals surface area contributed by atoms with Gasteiger partial charge in [-0.05, 0) is 30.7 Å². The first-order chi connectivity index (χ1) is 15.2. The topological polar surface area (TPSA) is 137 Å². The van der Waals surface area contributed by atoms with Gasteiger partial charge in [-0.25, -0.2) is 9.78 Å². The van der Waals surface area contributed by atoms with E-state index in [0.717, 1.165) is 4.68 Å². The lowest BCUT2D eigenvalue weighted by atomic mass is 10.1. The van der Waals surface area contributed by atoms with Crippen LogP contribution in [0.2, 0.25) is 0 Å². The molecule has 11 heteroatoms. The third-order valence-corrected chi connectivity index (χ3v) is 5.25. The molecule has 2 aromatic carbocycles. The Morgan fingerprint density at radius 1 is 1.38 bits per heavy atom. The van der Waals surface area contributed by atoms with Crippen LogP contribution in [-0.2, 0) is 4.79 Å². The number of rotatable bonds is 8. The second-order valence-electron chi connectivity index (χ2n) is 6.96. The summed E-state index contributed by atoms with van der Waals surface area (Å²) in [5.41, 5.74) is 0.0445. The van der Waals surface area contributed by atoms with E-state index in [2.05, 4.69) is 26.0 Å². The van der Waals surface area contributed by atoms with Gasteiger partial charge in [-0.1, -0.05) is 29.8 Å². The Balaban J connectivity index is 2.17. The summed E-state index contributed by atoms with van der Waals surface area (Å²) in [4.78, 5) is 39.2. The van der Waals surface area contributed by atoms with Crippen molar-refractivity contribution in [2.75, 3.05) is 6.61 Å². The molecule has 10 nitrogen and oxygen atoms in total. The molecule has 3 aromatic rings.